The normalized spacial score (nSPS) is 6.79. The summed E-state index contributed by atoms with van der Waals surface area (Å²) >= 11 is 0. The van der Waals surface area contributed by atoms with Crippen molar-refractivity contribution in [2.45, 2.75) is 54.9 Å². The molecule has 3 aromatic rings. The first-order valence-corrected chi connectivity index (χ1v) is 11.3. The van der Waals surface area contributed by atoms with Crippen molar-refractivity contribution in [3.05, 3.63) is 121 Å². The van der Waals surface area contributed by atoms with Crippen LogP contribution in [0, 0.1) is 25.2 Å². The molecule has 0 saturated heterocycles. The molecular weight excluding hydrogens is 473 g/mol. The molecular formula is C32H43Y-. The molecule has 0 unspecified atom stereocenters. The Bertz CT molecular complexity index is 751. The zero-order chi connectivity index (χ0) is 25.5. The Morgan fingerprint density at radius 3 is 1.24 bits per heavy atom. The zero-order valence-electron chi connectivity index (χ0n) is 21.9. The minimum Gasteiger partial charge on any atom is -0.697 e. The van der Waals surface area contributed by atoms with Gasteiger partial charge < -0.3 is 12.8 Å². The molecule has 0 aromatic heterocycles. The van der Waals surface area contributed by atoms with E-state index in [0.717, 1.165) is 12.0 Å². The van der Waals surface area contributed by atoms with Crippen LogP contribution in [-0.4, -0.2) is 0 Å². The van der Waals surface area contributed by atoms with E-state index >= 15 is 0 Å². The second kappa shape index (κ2) is 40.0. The van der Waals surface area contributed by atoms with E-state index in [1.807, 2.05) is 114 Å². The van der Waals surface area contributed by atoms with E-state index in [4.69, 9.17) is 12.8 Å². The summed E-state index contributed by atoms with van der Waals surface area (Å²) in [5, 5.41) is 0. The first kappa shape index (κ1) is 40.9. The molecule has 0 aliphatic heterocycles. The molecule has 1 heteroatoms. The summed E-state index contributed by atoms with van der Waals surface area (Å²) < 4.78 is 0. The fourth-order valence-electron chi connectivity index (χ4n) is 1.84. The summed E-state index contributed by atoms with van der Waals surface area (Å²) in [6.45, 7) is 17.8. The molecule has 0 amide bonds. The molecule has 0 nitrogen and oxygen atoms in total. The monoisotopic (exact) mass is 516 g/mol. The summed E-state index contributed by atoms with van der Waals surface area (Å²) in [5.74, 6) is 2.53. The van der Waals surface area contributed by atoms with Crippen molar-refractivity contribution in [3.8, 4) is 18.8 Å². The molecule has 175 valence electrons. The van der Waals surface area contributed by atoms with E-state index in [0.29, 0.717) is 0 Å². The molecule has 33 heavy (non-hydrogen) atoms. The van der Waals surface area contributed by atoms with Gasteiger partial charge in [-0.1, -0.05) is 146 Å². The van der Waals surface area contributed by atoms with E-state index < -0.39 is 0 Å². The summed E-state index contributed by atoms with van der Waals surface area (Å²) in [6, 6.07) is 30.1. The number of rotatable bonds is 2. The number of benzene rings is 3. The smallest absolute Gasteiger partial charge is 0.0242 e. The van der Waals surface area contributed by atoms with E-state index in [1.54, 1.807) is 0 Å². The van der Waals surface area contributed by atoms with Crippen LogP contribution in [0.25, 0.3) is 6.08 Å². The molecule has 0 bridgehead atoms. The standard InChI is InChI=1S/C8H10.C8H8.C8H6.3C2H6.C2H.Y/c3*1-2-8-6-4-3-5-7-8;4*1-2;/h3-7H,2H2,1H3;2-7H,1H2;1,3-7H;3*1-2H3;1H;/q;;;;;;-1;. The fraction of sp³-hybridized carbons (Fsp3) is 0.250. The summed E-state index contributed by atoms with van der Waals surface area (Å²) in [7, 11) is 0. The maximum absolute atomic E-state index is 5.25. The third-order valence-corrected chi connectivity index (χ3v) is 3.23. The van der Waals surface area contributed by atoms with Crippen LogP contribution in [0.2, 0.25) is 0 Å². The van der Waals surface area contributed by atoms with Crippen LogP contribution in [0.5, 0.6) is 0 Å². The Labute approximate surface area is 231 Å². The Kier molecular flexibility index (Phi) is 49.7. The third-order valence-electron chi connectivity index (χ3n) is 3.23. The predicted octanol–water partition coefficient (Wildman–Crippen LogP) is 9.53. The molecule has 0 heterocycles. The number of aryl methyl sites for hydroxylation is 1. The minimum absolute atomic E-state index is 0. The second-order valence-corrected chi connectivity index (χ2v) is 4.96. The summed E-state index contributed by atoms with van der Waals surface area (Å²) in [4.78, 5) is 0. The van der Waals surface area contributed by atoms with E-state index in [1.165, 1.54) is 11.1 Å². The van der Waals surface area contributed by atoms with Gasteiger partial charge in [-0.15, -0.1) is 6.42 Å². The first-order chi connectivity index (χ1) is 15.8. The van der Waals surface area contributed by atoms with Crippen LogP contribution in [0.4, 0.5) is 0 Å². The van der Waals surface area contributed by atoms with Gasteiger partial charge >= 0.3 is 0 Å². The van der Waals surface area contributed by atoms with Gasteiger partial charge in [0.05, 0.1) is 0 Å². The molecule has 0 atom stereocenters. The second-order valence-electron chi connectivity index (χ2n) is 4.96. The van der Waals surface area contributed by atoms with Crippen molar-refractivity contribution in [3.63, 3.8) is 0 Å². The zero-order valence-corrected chi connectivity index (χ0v) is 24.7. The van der Waals surface area contributed by atoms with Crippen molar-refractivity contribution in [2.24, 2.45) is 0 Å². The van der Waals surface area contributed by atoms with E-state index in [9.17, 15) is 0 Å². The van der Waals surface area contributed by atoms with Crippen molar-refractivity contribution in [1.29, 1.82) is 0 Å². The average Bonchev–Trinajstić information content (AvgIpc) is 2.95. The fourth-order valence-corrected chi connectivity index (χ4v) is 1.84. The van der Waals surface area contributed by atoms with Gasteiger partial charge in [0.2, 0.25) is 0 Å². The van der Waals surface area contributed by atoms with Gasteiger partial charge in [-0.2, -0.15) is 0 Å². The maximum atomic E-state index is 5.25. The van der Waals surface area contributed by atoms with Crippen molar-refractivity contribution in [1.82, 2.24) is 0 Å². The molecule has 0 N–H and O–H groups in total. The van der Waals surface area contributed by atoms with Crippen LogP contribution in [0.1, 0.15) is 65.2 Å². The van der Waals surface area contributed by atoms with E-state index in [-0.39, 0.29) is 32.7 Å². The number of hydrogen-bond acceptors (Lipinski definition) is 0. The van der Waals surface area contributed by atoms with E-state index in [2.05, 4.69) is 50.1 Å². The average molecular weight is 517 g/mol. The van der Waals surface area contributed by atoms with Gasteiger partial charge in [-0.05, 0) is 29.7 Å². The summed E-state index contributed by atoms with van der Waals surface area (Å²) in [5.41, 5.74) is 3.52. The van der Waals surface area contributed by atoms with Crippen molar-refractivity contribution >= 4 is 6.08 Å². The quantitative estimate of drug-likeness (QED) is 0.235. The SMILES string of the molecule is C#Cc1ccccc1.C=Cc1ccccc1.CC.CC.CC.CCc1ccccc1.[C-]#C.[Y]. The topological polar surface area (TPSA) is 0 Å². The third kappa shape index (κ3) is 29.6. The van der Waals surface area contributed by atoms with Crippen LogP contribution >= 0.6 is 0 Å². The molecule has 3 rings (SSSR count). The van der Waals surface area contributed by atoms with Crippen LogP contribution < -0.4 is 0 Å². The van der Waals surface area contributed by atoms with Crippen LogP contribution in [0.3, 0.4) is 0 Å². The maximum Gasteiger partial charge on any atom is 0.0242 e. The predicted molar refractivity (Wildman–Crippen MR) is 149 cm³/mol. The van der Waals surface area contributed by atoms with Gasteiger partial charge in [0.1, 0.15) is 0 Å². The summed E-state index contributed by atoms with van der Waals surface area (Å²) in [6.07, 6.45) is 17.1. The van der Waals surface area contributed by atoms with Gasteiger partial charge in [-0.3, -0.25) is 0 Å². The minimum atomic E-state index is 0. The molecule has 1 radical (unpaired) electrons. The van der Waals surface area contributed by atoms with Crippen molar-refractivity contribution in [2.75, 3.05) is 0 Å². The largest absolute Gasteiger partial charge is 0.697 e. The van der Waals surface area contributed by atoms with Crippen molar-refractivity contribution < 1.29 is 32.7 Å². The Balaban J connectivity index is -0.000000102. The molecule has 0 fully saturated rings. The molecule has 0 aliphatic rings. The van der Waals surface area contributed by atoms with Gasteiger partial charge in [-0.25, -0.2) is 0 Å². The Morgan fingerprint density at radius 1 is 0.697 bits per heavy atom. The van der Waals surface area contributed by atoms with Gasteiger partial charge in [0.25, 0.3) is 0 Å². The van der Waals surface area contributed by atoms with Gasteiger partial charge in [0.15, 0.2) is 0 Å². The first-order valence-electron chi connectivity index (χ1n) is 11.3. The Morgan fingerprint density at radius 2 is 1.03 bits per heavy atom. The Hall–Kier alpha value is -2.38. The number of terminal acetylenes is 2. The van der Waals surface area contributed by atoms with Crippen LogP contribution in [0.15, 0.2) is 97.6 Å². The number of hydrogen-bond donors (Lipinski definition) is 0. The van der Waals surface area contributed by atoms with Gasteiger partial charge in [0, 0.05) is 38.3 Å². The van der Waals surface area contributed by atoms with Crippen LogP contribution in [-0.2, 0) is 39.1 Å². The molecule has 0 aliphatic carbocycles. The molecule has 3 aromatic carbocycles. The molecule has 0 saturated carbocycles. The molecule has 0 spiro atoms.